The summed E-state index contributed by atoms with van der Waals surface area (Å²) < 4.78 is 16.1. The molecule has 0 aliphatic carbocycles. The lowest BCUT2D eigenvalue weighted by molar-refractivity contribution is -0.131. The Labute approximate surface area is 179 Å². The van der Waals surface area contributed by atoms with Crippen molar-refractivity contribution in [2.75, 3.05) is 19.0 Å². The van der Waals surface area contributed by atoms with E-state index in [1.165, 1.54) is 37.5 Å². The average molecular weight is 426 g/mol. The molecule has 0 radical (unpaired) electrons. The molecule has 2 aromatic carbocycles. The van der Waals surface area contributed by atoms with E-state index < -0.39 is 24.3 Å². The van der Waals surface area contributed by atoms with Gasteiger partial charge in [0.15, 0.2) is 17.6 Å². The molecular weight excluding hydrogens is 404 g/mol. The van der Waals surface area contributed by atoms with Crippen LogP contribution in [0.25, 0.3) is 0 Å². The molecular formula is C22H22N2O7. The summed E-state index contributed by atoms with van der Waals surface area (Å²) in [5.41, 5.74) is 1.19. The Kier molecular flexibility index (Phi) is 8.42. The number of methoxy groups -OCH3 is 1. The molecule has 0 aliphatic heterocycles. The van der Waals surface area contributed by atoms with E-state index in [0.717, 1.165) is 6.08 Å². The SMILES string of the molecule is CCO[C@H](/C=C/C(=O)O)[C@H](OC(=O)Nc1ccc(C#N)cc1)c1ccc(OC)c(O)c1. The maximum Gasteiger partial charge on any atom is 0.412 e. The van der Waals surface area contributed by atoms with Crippen LogP contribution in [0.3, 0.4) is 0 Å². The Bertz CT molecular complexity index is 980. The zero-order valence-electron chi connectivity index (χ0n) is 16.9. The van der Waals surface area contributed by atoms with Crippen LogP contribution in [0.1, 0.15) is 24.2 Å². The minimum absolute atomic E-state index is 0.182. The molecule has 0 spiro atoms. The number of carbonyl (C=O) groups excluding carboxylic acids is 1. The van der Waals surface area contributed by atoms with E-state index >= 15 is 0 Å². The first-order valence-corrected chi connectivity index (χ1v) is 9.25. The maximum atomic E-state index is 12.5. The number of phenols is 1. The Morgan fingerprint density at radius 1 is 1.23 bits per heavy atom. The molecule has 0 saturated carbocycles. The fourth-order valence-corrected chi connectivity index (χ4v) is 2.71. The summed E-state index contributed by atoms with van der Waals surface area (Å²) >= 11 is 0. The Balaban J connectivity index is 2.32. The number of hydrogen-bond acceptors (Lipinski definition) is 7. The largest absolute Gasteiger partial charge is 0.504 e. The van der Waals surface area contributed by atoms with Gasteiger partial charge >= 0.3 is 12.1 Å². The fourth-order valence-electron chi connectivity index (χ4n) is 2.71. The molecule has 0 bridgehead atoms. The molecule has 0 aromatic heterocycles. The van der Waals surface area contributed by atoms with Crippen LogP contribution in [0, 0.1) is 11.3 Å². The second-order valence-corrected chi connectivity index (χ2v) is 6.19. The predicted octanol–water partition coefficient (Wildman–Crippen LogP) is 3.61. The summed E-state index contributed by atoms with van der Waals surface area (Å²) in [6.07, 6.45) is -0.712. The highest BCUT2D eigenvalue weighted by Gasteiger charge is 2.27. The van der Waals surface area contributed by atoms with Gasteiger partial charge in [0.05, 0.1) is 18.7 Å². The lowest BCUT2D eigenvalue weighted by atomic mass is 10.0. The minimum atomic E-state index is -1.19. The second-order valence-electron chi connectivity index (χ2n) is 6.19. The average Bonchev–Trinajstić information content (AvgIpc) is 2.75. The number of anilines is 1. The smallest absolute Gasteiger partial charge is 0.412 e. The Morgan fingerprint density at radius 3 is 2.48 bits per heavy atom. The second kappa shape index (κ2) is 11.2. The molecule has 2 aromatic rings. The monoisotopic (exact) mass is 426 g/mol. The highest BCUT2D eigenvalue weighted by Crippen LogP contribution is 2.33. The van der Waals surface area contributed by atoms with Gasteiger partial charge < -0.3 is 24.4 Å². The van der Waals surface area contributed by atoms with E-state index in [1.54, 1.807) is 25.1 Å². The standard InChI is InChI=1S/C22H22N2O7/c1-3-30-19(10-11-20(26)27)21(15-6-9-18(29-2)17(25)12-15)31-22(28)24-16-7-4-14(13-23)5-8-16/h4-12,19,21,25H,3H2,1-2H3,(H,24,28)(H,26,27)/b11-10+/t19-,21-/m1/s1. The third-order valence-corrected chi connectivity index (χ3v) is 4.11. The first kappa shape index (κ1) is 23.3. The van der Waals surface area contributed by atoms with Gasteiger partial charge in [-0.2, -0.15) is 5.26 Å². The third kappa shape index (κ3) is 6.76. The summed E-state index contributed by atoms with van der Waals surface area (Å²) in [6, 6.07) is 12.5. The van der Waals surface area contributed by atoms with Crippen molar-refractivity contribution >= 4 is 17.7 Å². The van der Waals surface area contributed by atoms with Crippen molar-refractivity contribution in [1.82, 2.24) is 0 Å². The van der Waals surface area contributed by atoms with Crippen LogP contribution < -0.4 is 10.1 Å². The summed E-state index contributed by atoms with van der Waals surface area (Å²) in [6.45, 7) is 1.93. The molecule has 2 atom stereocenters. The number of aliphatic carboxylic acids is 1. The molecule has 2 rings (SSSR count). The third-order valence-electron chi connectivity index (χ3n) is 4.11. The van der Waals surface area contributed by atoms with E-state index in [1.807, 2.05) is 6.07 Å². The lowest BCUT2D eigenvalue weighted by Gasteiger charge is -2.25. The minimum Gasteiger partial charge on any atom is -0.504 e. The van der Waals surface area contributed by atoms with Crippen molar-refractivity contribution in [2.45, 2.75) is 19.1 Å². The Hall–Kier alpha value is -4.03. The van der Waals surface area contributed by atoms with Crippen molar-refractivity contribution in [3.63, 3.8) is 0 Å². The zero-order valence-corrected chi connectivity index (χ0v) is 16.9. The summed E-state index contributed by atoms with van der Waals surface area (Å²) in [5, 5.41) is 30.5. The van der Waals surface area contributed by atoms with E-state index in [2.05, 4.69) is 5.32 Å². The lowest BCUT2D eigenvalue weighted by Crippen LogP contribution is -2.28. The number of nitrogens with one attached hydrogen (secondary N) is 1. The van der Waals surface area contributed by atoms with Crippen LogP contribution in [0.4, 0.5) is 10.5 Å². The van der Waals surface area contributed by atoms with Gasteiger partial charge in [-0.1, -0.05) is 6.07 Å². The number of carboxylic acid groups (broad SMARTS) is 1. The molecule has 0 saturated heterocycles. The van der Waals surface area contributed by atoms with Gasteiger partial charge in [-0.15, -0.1) is 0 Å². The predicted molar refractivity (Wildman–Crippen MR) is 111 cm³/mol. The van der Waals surface area contributed by atoms with E-state index in [0.29, 0.717) is 16.8 Å². The number of benzene rings is 2. The molecule has 0 aliphatic rings. The van der Waals surface area contributed by atoms with E-state index in [-0.39, 0.29) is 18.1 Å². The van der Waals surface area contributed by atoms with Gasteiger partial charge in [0, 0.05) is 18.4 Å². The van der Waals surface area contributed by atoms with Crippen LogP contribution in [0.2, 0.25) is 0 Å². The van der Waals surface area contributed by atoms with E-state index in [4.69, 9.17) is 24.6 Å². The summed E-state index contributed by atoms with van der Waals surface area (Å²) in [4.78, 5) is 23.5. The van der Waals surface area contributed by atoms with Crippen molar-refractivity contribution in [2.24, 2.45) is 0 Å². The Morgan fingerprint density at radius 2 is 1.94 bits per heavy atom. The molecule has 0 fully saturated rings. The number of amides is 1. The number of carbonyl (C=O) groups is 2. The van der Waals surface area contributed by atoms with Gasteiger partial charge in [-0.05, 0) is 55.0 Å². The molecule has 162 valence electrons. The number of carboxylic acids is 1. The summed E-state index contributed by atoms with van der Waals surface area (Å²) in [7, 11) is 1.40. The number of ether oxygens (including phenoxy) is 3. The van der Waals surface area contributed by atoms with Crippen LogP contribution in [0.15, 0.2) is 54.6 Å². The number of aromatic hydroxyl groups is 1. The topological polar surface area (TPSA) is 138 Å². The van der Waals surface area contributed by atoms with Crippen LogP contribution in [-0.2, 0) is 14.3 Å². The van der Waals surface area contributed by atoms with Crippen molar-refractivity contribution in [3.05, 3.63) is 65.7 Å². The molecule has 1 amide bonds. The number of nitriles is 1. The molecule has 9 nitrogen and oxygen atoms in total. The number of rotatable bonds is 9. The number of phenolic OH excluding ortho intramolecular Hbond substituents is 1. The molecule has 31 heavy (non-hydrogen) atoms. The fraction of sp³-hybridized carbons (Fsp3) is 0.227. The van der Waals surface area contributed by atoms with Gasteiger partial charge in [0.2, 0.25) is 0 Å². The highest BCUT2D eigenvalue weighted by atomic mass is 16.6. The van der Waals surface area contributed by atoms with Crippen LogP contribution >= 0.6 is 0 Å². The molecule has 0 unspecified atom stereocenters. The summed E-state index contributed by atoms with van der Waals surface area (Å²) in [5.74, 6) is -1.15. The highest BCUT2D eigenvalue weighted by molar-refractivity contribution is 5.85. The number of nitrogens with zero attached hydrogens (tertiary/aromatic N) is 1. The molecule has 0 heterocycles. The molecule has 3 N–H and O–H groups in total. The van der Waals surface area contributed by atoms with Gasteiger partial charge in [-0.25, -0.2) is 9.59 Å². The van der Waals surface area contributed by atoms with Crippen LogP contribution in [-0.4, -0.2) is 42.1 Å². The quantitative estimate of drug-likeness (QED) is 0.517. The van der Waals surface area contributed by atoms with Gasteiger partial charge in [0.1, 0.15) is 6.10 Å². The normalized spacial score (nSPS) is 12.5. The van der Waals surface area contributed by atoms with Crippen molar-refractivity contribution in [3.8, 4) is 17.6 Å². The van der Waals surface area contributed by atoms with Gasteiger partial charge in [-0.3, -0.25) is 5.32 Å². The molecule has 9 heteroatoms. The maximum absolute atomic E-state index is 12.5. The van der Waals surface area contributed by atoms with Crippen molar-refractivity contribution < 1.29 is 34.0 Å². The first-order chi connectivity index (χ1) is 14.9. The van der Waals surface area contributed by atoms with Crippen molar-refractivity contribution in [1.29, 1.82) is 5.26 Å². The van der Waals surface area contributed by atoms with Crippen LogP contribution in [0.5, 0.6) is 11.5 Å². The number of hydrogen-bond donors (Lipinski definition) is 3. The van der Waals surface area contributed by atoms with E-state index in [9.17, 15) is 14.7 Å². The van der Waals surface area contributed by atoms with Gasteiger partial charge in [0.25, 0.3) is 0 Å². The first-order valence-electron chi connectivity index (χ1n) is 9.25. The zero-order chi connectivity index (χ0) is 22.8.